The van der Waals surface area contributed by atoms with Crippen LogP contribution in [0.15, 0.2) is 9.98 Å². The summed E-state index contributed by atoms with van der Waals surface area (Å²) in [5.41, 5.74) is 0. The van der Waals surface area contributed by atoms with Crippen molar-refractivity contribution in [1.29, 1.82) is 0 Å². The van der Waals surface area contributed by atoms with E-state index in [0.29, 0.717) is 0 Å². The van der Waals surface area contributed by atoms with Gasteiger partial charge in [0.15, 0.2) is 0 Å². The molecule has 0 rings (SSSR count). The first-order valence-corrected chi connectivity index (χ1v) is 3.19. The van der Waals surface area contributed by atoms with Gasteiger partial charge < -0.3 is 10.2 Å². The van der Waals surface area contributed by atoms with Crippen molar-refractivity contribution in [2.75, 3.05) is 0 Å². The Morgan fingerprint density at radius 1 is 1.42 bits per heavy atom. The molecule has 0 aliphatic heterocycles. The molecule has 0 aromatic rings. The number of rotatable bonds is 4. The fourth-order valence-corrected chi connectivity index (χ4v) is 0.657. The normalized spacial score (nSPS) is 12.6. The van der Waals surface area contributed by atoms with Crippen molar-refractivity contribution < 1.29 is 19.8 Å². The lowest BCUT2D eigenvalue weighted by Gasteiger charge is -2.19. The summed E-state index contributed by atoms with van der Waals surface area (Å²) >= 11 is 0. The number of hydrogen-bond acceptors (Lipinski definition) is 6. The average molecular weight is 172 g/mol. The molecule has 0 aliphatic rings. The SMILES string of the molecule is CCC(N=C=O)C(O)(O)N=C=O. The van der Waals surface area contributed by atoms with E-state index in [-0.39, 0.29) is 6.42 Å². The standard InChI is InChI=1S/C6H8N2O4/c1-2-5(7-3-9)6(11,12)8-4-10/h5,11-12H,2H2,1H3. The molecule has 12 heavy (non-hydrogen) atoms. The monoisotopic (exact) mass is 172 g/mol. The van der Waals surface area contributed by atoms with E-state index in [2.05, 4.69) is 9.98 Å². The maximum absolute atomic E-state index is 9.77. The first-order valence-electron chi connectivity index (χ1n) is 3.19. The van der Waals surface area contributed by atoms with Crippen LogP contribution < -0.4 is 0 Å². The molecule has 0 radical (unpaired) electrons. The zero-order valence-corrected chi connectivity index (χ0v) is 6.39. The lowest BCUT2D eigenvalue weighted by atomic mass is 10.2. The van der Waals surface area contributed by atoms with Gasteiger partial charge in [0, 0.05) is 0 Å². The maximum atomic E-state index is 9.77. The third-order valence-corrected chi connectivity index (χ3v) is 1.25. The van der Waals surface area contributed by atoms with E-state index in [1.54, 1.807) is 6.92 Å². The molecule has 0 aliphatic carbocycles. The number of aliphatic hydroxyl groups is 2. The summed E-state index contributed by atoms with van der Waals surface area (Å²) in [7, 11) is 0. The highest BCUT2D eigenvalue weighted by Gasteiger charge is 2.33. The van der Waals surface area contributed by atoms with Crippen molar-refractivity contribution in [1.82, 2.24) is 0 Å². The number of isocyanates is 2. The zero-order valence-electron chi connectivity index (χ0n) is 6.39. The van der Waals surface area contributed by atoms with Crippen LogP contribution in [0.1, 0.15) is 13.3 Å². The van der Waals surface area contributed by atoms with Gasteiger partial charge in [-0.3, -0.25) is 0 Å². The molecule has 0 bridgehead atoms. The molecular weight excluding hydrogens is 164 g/mol. The second-order valence-electron chi connectivity index (χ2n) is 2.03. The topological polar surface area (TPSA) is 99.3 Å². The van der Waals surface area contributed by atoms with Crippen molar-refractivity contribution in [3.05, 3.63) is 0 Å². The summed E-state index contributed by atoms with van der Waals surface area (Å²) in [4.78, 5) is 25.2. The highest BCUT2D eigenvalue weighted by Crippen LogP contribution is 2.14. The van der Waals surface area contributed by atoms with Gasteiger partial charge in [0.1, 0.15) is 6.04 Å². The van der Waals surface area contributed by atoms with Crippen LogP contribution in [0.4, 0.5) is 0 Å². The Morgan fingerprint density at radius 2 is 2.00 bits per heavy atom. The Labute approximate surface area is 68.3 Å². The third-order valence-electron chi connectivity index (χ3n) is 1.25. The second-order valence-corrected chi connectivity index (χ2v) is 2.03. The van der Waals surface area contributed by atoms with Crippen LogP contribution in [0, 0.1) is 0 Å². The number of aliphatic imine (C=N–C) groups is 2. The largest absolute Gasteiger partial charge is 0.345 e. The Morgan fingerprint density at radius 3 is 2.33 bits per heavy atom. The molecule has 0 aromatic carbocycles. The highest BCUT2D eigenvalue weighted by atomic mass is 16.5. The van der Waals surface area contributed by atoms with Gasteiger partial charge in [-0.25, -0.2) is 9.59 Å². The number of hydrogen-bond donors (Lipinski definition) is 2. The molecule has 0 spiro atoms. The van der Waals surface area contributed by atoms with Gasteiger partial charge in [-0.1, -0.05) is 6.92 Å². The molecule has 66 valence electrons. The molecule has 0 aromatic heterocycles. The molecule has 6 nitrogen and oxygen atoms in total. The Bertz CT molecular complexity index is 238. The van der Waals surface area contributed by atoms with Crippen molar-refractivity contribution in [3.8, 4) is 0 Å². The Kier molecular flexibility index (Phi) is 4.04. The second kappa shape index (κ2) is 4.54. The molecule has 0 saturated heterocycles. The van der Waals surface area contributed by atoms with E-state index in [1.165, 1.54) is 0 Å². The van der Waals surface area contributed by atoms with Crippen LogP contribution in [-0.2, 0) is 9.59 Å². The fraction of sp³-hybridized carbons (Fsp3) is 0.667. The van der Waals surface area contributed by atoms with E-state index in [9.17, 15) is 9.59 Å². The highest BCUT2D eigenvalue weighted by molar-refractivity contribution is 5.36. The fourth-order valence-electron chi connectivity index (χ4n) is 0.657. The van der Waals surface area contributed by atoms with Gasteiger partial charge in [0.2, 0.25) is 12.2 Å². The molecular formula is C6H8N2O4. The summed E-state index contributed by atoms with van der Waals surface area (Å²) < 4.78 is 0. The van der Waals surface area contributed by atoms with Crippen LogP contribution in [0.25, 0.3) is 0 Å². The molecule has 0 fully saturated rings. The van der Waals surface area contributed by atoms with Crippen LogP contribution in [-0.4, -0.2) is 34.3 Å². The van der Waals surface area contributed by atoms with Gasteiger partial charge in [0.05, 0.1) is 0 Å². The first-order chi connectivity index (χ1) is 5.58. The molecule has 0 saturated carbocycles. The Balaban J connectivity index is 4.68. The summed E-state index contributed by atoms with van der Waals surface area (Å²) in [5, 5.41) is 17.9. The van der Waals surface area contributed by atoms with Crippen LogP contribution in [0.2, 0.25) is 0 Å². The van der Waals surface area contributed by atoms with Gasteiger partial charge in [-0.15, -0.1) is 4.99 Å². The van der Waals surface area contributed by atoms with Crippen LogP contribution >= 0.6 is 0 Å². The number of carbonyl (C=O) groups excluding carboxylic acids is 2. The number of nitrogens with zero attached hydrogens (tertiary/aromatic N) is 2. The lowest BCUT2D eigenvalue weighted by Crippen LogP contribution is -2.38. The van der Waals surface area contributed by atoms with Crippen molar-refractivity contribution in [2.45, 2.75) is 25.3 Å². The minimum Gasteiger partial charge on any atom is -0.345 e. The van der Waals surface area contributed by atoms with Gasteiger partial charge in [-0.05, 0) is 6.42 Å². The summed E-state index contributed by atoms with van der Waals surface area (Å²) in [6.45, 7) is 1.55. The third kappa shape index (κ3) is 2.74. The van der Waals surface area contributed by atoms with Crippen molar-refractivity contribution >= 4 is 12.2 Å². The zero-order chi connectivity index (χ0) is 9.61. The van der Waals surface area contributed by atoms with E-state index < -0.39 is 12.0 Å². The van der Waals surface area contributed by atoms with Gasteiger partial charge in [-0.2, -0.15) is 4.99 Å². The quantitative estimate of drug-likeness (QED) is 0.325. The first kappa shape index (κ1) is 10.7. The summed E-state index contributed by atoms with van der Waals surface area (Å²) in [6, 6.07) is -1.18. The molecule has 0 heterocycles. The summed E-state index contributed by atoms with van der Waals surface area (Å²) in [5.74, 6) is -2.66. The molecule has 0 amide bonds. The van der Waals surface area contributed by atoms with Gasteiger partial charge >= 0.3 is 0 Å². The van der Waals surface area contributed by atoms with Crippen LogP contribution in [0.5, 0.6) is 0 Å². The maximum Gasteiger partial charge on any atom is 0.299 e. The smallest absolute Gasteiger partial charge is 0.299 e. The van der Waals surface area contributed by atoms with E-state index in [1.807, 2.05) is 0 Å². The Hall–Kier alpha value is -1.32. The molecule has 1 atom stereocenters. The minimum absolute atomic E-state index is 0.146. The van der Waals surface area contributed by atoms with Gasteiger partial charge in [0.25, 0.3) is 5.91 Å². The molecule has 2 N–H and O–H groups in total. The predicted octanol–water partition coefficient (Wildman–Crippen LogP) is -0.925. The lowest BCUT2D eigenvalue weighted by molar-refractivity contribution is -0.168. The molecule has 1 unspecified atom stereocenters. The van der Waals surface area contributed by atoms with Crippen LogP contribution in [0.3, 0.4) is 0 Å². The van der Waals surface area contributed by atoms with E-state index in [0.717, 1.165) is 12.2 Å². The van der Waals surface area contributed by atoms with E-state index in [4.69, 9.17) is 10.2 Å². The predicted molar refractivity (Wildman–Crippen MR) is 37.5 cm³/mol. The average Bonchev–Trinajstić information content (AvgIpc) is 1.99. The minimum atomic E-state index is -2.66. The van der Waals surface area contributed by atoms with Crippen molar-refractivity contribution in [3.63, 3.8) is 0 Å². The van der Waals surface area contributed by atoms with Crippen molar-refractivity contribution in [2.24, 2.45) is 9.98 Å². The van der Waals surface area contributed by atoms with E-state index >= 15 is 0 Å². The summed E-state index contributed by atoms with van der Waals surface area (Å²) in [6.07, 6.45) is 2.26. The molecule has 6 heteroatoms.